The summed E-state index contributed by atoms with van der Waals surface area (Å²) in [5.41, 5.74) is 1.76. The summed E-state index contributed by atoms with van der Waals surface area (Å²) in [5.74, 6) is 0.554. The largest absolute Gasteiger partial charge is 0.459 e. The standard InChI is InChI=1S/C19H23N3O3/c1-14-6-9-25-18(14)19(24)21-12-16-5-3-8-22(13-16)17(23)10-15-4-2-7-20-11-15/h2,4,6-7,9,11,16H,3,5,8,10,12-13H2,1H3,(H,21,24). The highest BCUT2D eigenvalue weighted by Gasteiger charge is 2.24. The normalized spacial score (nSPS) is 17.3. The molecule has 2 aromatic heterocycles. The SMILES string of the molecule is Cc1ccoc1C(=O)NCC1CCCN(C(=O)Cc2cccnc2)C1. The van der Waals surface area contributed by atoms with Gasteiger partial charge in [-0.15, -0.1) is 0 Å². The molecule has 6 heteroatoms. The number of hydrogen-bond donors (Lipinski definition) is 1. The van der Waals surface area contributed by atoms with E-state index in [0.717, 1.165) is 30.5 Å². The molecule has 0 radical (unpaired) electrons. The minimum absolute atomic E-state index is 0.117. The molecule has 1 unspecified atom stereocenters. The van der Waals surface area contributed by atoms with Crippen molar-refractivity contribution in [1.29, 1.82) is 0 Å². The summed E-state index contributed by atoms with van der Waals surface area (Å²) < 4.78 is 5.21. The van der Waals surface area contributed by atoms with E-state index in [-0.39, 0.29) is 17.7 Å². The smallest absolute Gasteiger partial charge is 0.287 e. The van der Waals surface area contributed by atoms with Crippen LogP contribution in [0.5, 0.6) is 0 Å². The number of rotatable bonds is 5. The first-order valence-electron chi connectivity index (χ1n) is 8.62. The highest BCUT2D eigenvalue weighted by Crippen LogP contribution is 2.17. The van der Waals surface area contributed by atoms with Crippen molar-refractivity contribution >= 4 is 11.8 Å². The number of likely N-dealkylation sites (tertiary alicyclic amines) is 1. The third kappa shape index (κ3) is 4.47. The molecule has 0 aromatic carbocycles. The Morgan fingerprint density at radius 3 is 3.00 bits per heavy atom. The molecule has 1 atom stereocenters. The molecule has 0 bridgehead atoms. The second kappa shape index (κ2) is 7.96. The molecule has 1 fully saturated rings. The monoisotopic (exact) mass is 341 g/mol. The number of nitrogens with zero attached hydrogens (tertiary/aromatic N) is 2. The first kappa shape index (κ1) is 17.2. The molecular formula is C19H23N3O3. The second-order valence-corrected chi connectivity index (χ2v) is 6.53. The van der Waals surface area contributed by atoms with Gasteiger partial charge in [-0.25, -0.2) is 0 Å². The van der Waals surface area contributed by atoms with Crippen LogP contribution in [0.2, 0.25) is 0 Å². The van der Waals surface area contributed by atoms with Crippen LogP contribution in [0.1, 0.15) is 34.5 Å². The van der Waals surface area contributed by atoms with E-state index >= 15 is 0 Å². The highest BCUT2D eigenvalue weighted by molar-refractivity contribution is 5.92. The first-order chi connectivity index (χ1) is 12.1. The van der Waals surface area contributed by atoms with Gasteiger partial charge in [-0.2, -0.15) is 0 Å². The fraction of sp³-hybridized carbons (Fsp3) is 0.421. The van der Waals surface area contributed by atoms with E-state index in [1.807, 2.05) is 24.0 Å². The minimum Gasteiger partial charge on any atom is -0.459 e. The Morgan fingerprint density at radius 1 is 1.40 bits per heavy atom. The van der Waals surface area contributed by atoms with E-state index in [0.29, 0.717) is 25.3 Å². The molecule has 1 aliphatic rings. The van der Waals surface area contributed by atoms with Crippen LogP contribution >= 0.6 is 0 Å². The molecule has 0 spiro atoms. The lowest BCUT2D eigenvalue weighted by Crippen LogP contribution is -2.44. The van der Waals surface area contributed by atoms with E-state index in [1.165, 1.54) is 6.26 Å². The predicted molar refractivity (Wildman–Crippen MR) is 93.0 cm³/mol. The Hall–Kier alpha value is -2.63. The summed E-state index contributed by atoms with van der Waals surface area (Å²) in [6.45, 7) is 3.85. The Labute approximate surface area is 147 Å². The Bertz CT molecular complexity index is 727. The maximum atomic E-state index is 12.5. The van der Waals surface area contributed by atoms with Crippen molar-refractivity contribution in [2.75, 3.05) is 19.6 Å². The summed E-state index contributed by atoms with van der Waals surface area (Å²) in [5, 5.41) is 2.92. The number of amides is 2. The van der Waals surface area contributed by atoms with Crippen molar-refractivity contribution in [3.05, 3.63) is 53.7 Å². The van der Waals surface area contributed by atoms with Crippen LogP contribution in [0, 0.1) is 12.8 Å². The predicted octanol–water partition coefficient (Wildman–Crippen LogP) is 2.19. The number of carbonyl (C=O) groups excluding carboxylic acids is 2. The molecule has 3 rings (SSSR count). The lowest BCUT2D eigenvalue weighted by atomic mass is 9.97. The van der Waals surface area contributed by atoms with Gasteiger partial charge in [-0.1, -0.05) is 6.07 Å². The molecule has 0 aliphatic carbocycles. The van der Waals surface area contributed by atoms with E-state index in [4.69, 9.17) is 4.42 Å². The molecule has 1 aliphatic heterocycles. The summed E-state index contributed by atoms with van der Waals surface area (Å²) in [7, 11) is 0. The zero-order chi connectivity index (χ0) is 17.6. The van der Waals surface area contributed by atoms with Crippen molar-refractivity contribution in [2.45, 2.75) is 26.2 Å². The lowest BCUT2D eigenvalue weighted by molar-refractivity contribution is -0.132. The Balaban J connectivity index is 1.50. The van der Waals surface area contributed by atoms with Gasteiger partial charge in [0, 0.05) is 37.6 Å². The van der Waals surface area contributed by atoms with Gasteiger partial charge in [0.2, 0.25) is 5.91 Å². The van der Waals surface area contributed by atoms with Crippen LogP contribution < -0.4 is 5.32 Å². The van der Waals surface area contributed by atoms with Gasteiger partial charge in [-0.3, -0.25) is 14.6 Å². The van der Waals surface area contributed by atoms with Gasteiger partial charge in [0.05, 0.1) is 12.7 Å². The molecular weight excluding hydrogens is 318 g/mol. The van der Waals surface area contributed by atoms with Crippen molar-refractivity contribution in [2.24, 2.45) is 5.92 Å². The van der Waals surface area contributed by atoms with Crippen LogP contribution in [0.25, 0.3) is 0 Å². The van der Waals surface area contributed by atoms with Crippen molar-refractivity contribution in [3.8, 4) is 0 Å². The number of pyridine rings is 1. The molecule has 2 aromatic rings. The number of aryl methyl sites for hydroxylation is 1. The average Bonchev–Trinajstić information content (AvgIpc) is 3.07. The number of hydrogen-bond acceptors (Lipinski definition) is 4. The van der Waals surface area contributed by atoms with Gasteiger partial charge in [-0.05, 0) is 43.4 Å². The fourth-order valence-corrected chi connectivity index (χ4v) is 3.17. The Morgan fingerprint density at radius 2 is 2.28 bits per heavy atom. The topological polar surface area (TPSA) is 75.4 Å². The van der Waals surface area contributed by atoms with Crippen LogP contribution in [0.15, 0.2) is 41.3 Å². The molecule has 0 saturated carbocycles. The number of carbonyl (C=O) groups is 2. The van der Waals surface area contributed by atoms with Gasteiger partial charge in [0.25, 0.3) is 5.91 Å². The summed E-state index contributed by atoms with van der Waals surface area (Å²) in [6.07, 6.45) is 7.29. The average molecular weight is 341 g/mol. The summed E-state index contributed by atoms with van der Waals surface area (Å²) in [6, 6.07) is 5.53. The zero-order valence-electron chi connectivity index (χ0n) is 14.4. The first-order valence-corrected chi connectivity index (χ1v) is 8.62. The van der Waals surface area contributed by atoms with E-state index in [2.05, 4.69) is 10.3 Å². The number of furan rings is 1. The minimum atomic E-state index is -0.193. The third-order valence-corrected chi connectivity index (χ3v) is 4.57. The van der Waals surface area contributed by atoms with E-state index in [1.54, 1.807) is 18.5 Å². The van der Waals surface area contributed by atoms with Crippen molar-refractivity contribution < 1.29 is 14.0 Å². The van der Waals surface area contributed by atoms with Crippen LogP contribution in [-0.2, 0) is 11.2 Å². The maximum Gasteiger partial charge on any atom is 0.287 e. The number of nitrogens with one attached hydrogen (secondary N) is 1. The molecule has 132 valence electrons. The van der Waals surface area contributed by atoms with Crippen LogP contribution in [0.3, 0.4) is 0 Å². The summed E-state index contributed by atoms with van der Waals surface area (Å²) >= 11 is 0. The van der Waals surface area contributed by atoms with Gasteiger partial charge < -0.3 is 14.6 Å². The van der Waals surface area contributed by atoms with Crippen LogP contribution in [0.4, 0.5) is 0 Å². The molecule has 1 N–H and O–H groups in total. The van der Waals surface area contributed by atoms with E-state index in [9.17, 15) is 9.59 Å². The summed E-state index contributed by atoms with van der Waals surface area (Å²) in [4.78, 5) is 30.6. The molecule has 6 nitrogen and oxygen atoms in total. The molecule has 2 amide bonds. The number of aromatic nitrogens is 1. The van der Waals surface area contributed by atoms with Crippen LogP contribution in [-0.4, -0.2) is 41.3 Å². The zero-order valence-corrected chi connectivity index (χ0v) is 14.4. The van der Waals surface area contributed by atoms with Gasteiger partial charge in [0.1, 0.15) is 0 Å². The fourth-order valence-electron chi connectivity index (χ4n) is 3.17. The lowest BCUT2D eigenvalue weighted by Gasteiger charge is -2.33. The Kier molecular flexibility index (Phi) is 5.48. The van der Waals surface area contributed by atoms with E-state index < -0.39 is 0 Å². The maximum absolute atomic E-state index is 12.5. The molecule has 1 saturated heterocycles. The highest BCUT2D eigenvalue weighted by atomic mass is 16.3. The second-order valence-electron chi connectivity index (χ2n) is 6.53. The van der Waals surface area contributed by atoms with Gasteiger partial charge in [0.15, 0.2) is 5.76 Å². The quantitative estimate of drug-likeness (QED) is 0.904. The van der Waals surface area contributed by atoms with Crippen molar-refractivity contribution in [3.63, 3.8) is 0 Å². The molecule has 25 heavy (non-hydrogen) atoms. The number of piperidine rings is 1. The molecule has 3 heterocycles. The third-order valence-electron chi connectivity index (χ3n) is 4.57. The van der Waals surface area contributed by atoms with Crippen molar-refractivity contribution in [1.82, 2.24) is 15.2 Å². The van der Waals surface area contributed by atoms with Gasteiger partial charge >= 0.3 is 0 Å².